The van der Waals surface area contributed by atoms with Crippen LogP contribution in [0.3, 0.4) is 0 Å². The maximum atomic E-state index is 6.01. The van der Waals surface area contributed by atoms with Gasteiger partial charge in [-0.25, -0.2) is 0 Å². The molecule has 0 unspecified atom stereocenters. The van der Waals surface area contributed by atoms with Crippen LogP contribution in [0.2, 0.25) is 0 Å². The second-order valence-corrected chi connectivity index (χ2v) is 6.53. The molecule has 0 radical (unpaired) electrons. The van der Waals surface area contributed by atoms with Gasteiger partial charge in [0, 0.05) is 11.1 Å². The van der Waals surface area contributed by atoms with Gasteiger partial charge in [0.15, 0.2) is 0 Å². The van der Waals surface area contributed by atoms with Gasteiger partial charge in [0.2, 0.25) is 0 Å². The Morgan fingerprint density at radius 2 is 1.64 bits per heavy atom. The topological polar surface area (TPSA) is 40.8 Å². The Balaban J connectivity index is 1.89. The van der Waals surface area contributed by atoms with E-state index in [4.69, 9.17) is 18.5 Å². The van der Waals surface area contributed by atoms with Crippen LogP contribution in [0.4, 0.5) is 0 Å². The lowest BCUT2D eigenvalue weighted by molar-refractivity contribution is 0.00578. The van der Waals surface area contributed by atoms with E-state index in [2.05, 4.69) is 0 Å². The Bertz CT molecular complexity index is 659. The number of hydrogen-bond donors (Lipinski definition) is 0. The van der Waals surface area contributed by atoms with E-state index in [0.29, 0.717) is 5.66 Å². The molecule has 0 aliphatic carbocycles. The van der Waals surface area contributed by atoms with Crippen LogP contribution in [0.15, 0.2) is 41.0 Å². The van der Waals surface area contributed by atoms with Gasteiger partial charge in [-0.05, 0) is 39.8 Å². The summed E-state index contributed by atoms with van der Waals surface area (Å²) in [4.78, 5) is 0. The molecule has 0 saturated carbocycles. The highest BCUT2D eigenvalue weighted by molar-refractivity contribution is 6.60. The molecule has 2 heterocycles. The largest absolute Gasteiger partial charge is 0.532 e. The first-order chi connectivity index (χ1) is 10.3. The van der Waals surface area contributed by atoms with Crippen LogP contribution in [0, 0.1) is 0 Å². The van der Waals surface area contributed by atoms with E-state index in [1.165, 1.54) is 0 Å². The molecule has 1 aromatic carbocycles. The second kappa shape index (κ2) is 5.18. The predicted octanol–water partition coefficient (Wildman–Crippen LogP) is 3.25. The Labute approximate surface area is 131 Å². The lowest BCUT2D eigenvalue weighted by Gasteiger charge is -2.32. The van der Waals surface area contributed by atoms with E-state index in [1.54, 1.807) is 13.4 Å². The first-order valence-electron chi connectivity index (χ1n) is 7.41. The summed E-state index contributed by atoms with van der Waals surface area (Å²) in [6.07, 6.45) is 1.71. The van der Waals surface area contributed by atoms with E-state index in [0.717, 1.165) is 16.9 Å². The molecular weight excluding hydrogens is 279 g/mol. The summed E-state index contributed by atoms with van der Waals surface area (Å²) < 4.78 is 23.1. The molecule has 0 bridgehead atoms. The molecule has 22 heavy (non-hydrogen) atoms. The van der Waals surface area contributed by atoms with Crippen molar-refractivity contribution in [2.24, 2.45) is 0 Å². The van der Waals surface area contributed by atoms with Gasteiger partial charge < -0.3 is 18.5 Å². The van der Waals surface area contributed by atoms with Crippen LogP contribution in [0.25, 0.3) is 11.1 Å². The van der Waals surface area contributed by atoms with Gasteiger partial charge in [0.1, 0.15) is 11.4 Å². The third-order valence-corrected chi connectivity index (χ3v) is 4.52. The molecule has 0 N–H and O–H groups in total. The van der Waals surface area contributed by atoms with Crippen LogP contribution in [0.5, 0.6) is 5.75 Å². The molecule has 0 amide bonds. The van der Waals surface area contributed by atoms with Crippen LogP contribution in [-0.4, -0.2) is 25.4 Å². The van der Waals surface area contributed by atoms with Crippen molar-refractivity contribution in [3.8, 4) is 16.9 Å². The second-order valence-electron chi connectivity index (χ2n) is 6.53. The standard InChI is InChI=1S/C17H21BO4/c1-16(2)17(3,4)22-18(21-16)15-10-12(11-20-15)13-8-6-7-9-14(13)19-5/h6-11H,1-5H3. The van der Waals surface area contributed by atoms with E-state index in [9.17, 15) is 0 Å². The molecule has 1 aliphatic rings. The van der Waals surface area contributed by atoms with Gasteiger partial charge in [-0.2, -0.15) is 0 Å². The minimum Gasteiger partial charge on any atom is -0.496 e. The average molecular weight is 300 g/mol. The van der Waals surface area contributed by atoms with Gasteiger partial charge in [0.25, 0.3) is 0 Å². The number of rotatable bonds is 3. The highest BCUT2D eigenvalue weighted by atomic mass is 16.7. The molecule has 1 saturated heterocycles. The minimum absolute atomic E-state index is 0.380. The number of hydrogen-bond acceptors (Lipinski definition) is 4. The van der Waals surface area contributed by atoms with Gasteiger partial charge in [0.05, 0.1) is 24.6 Å². The molecule has 5 heteroatoms. The van der Waals surface area contributed by atoms with Crippen molar-refractivity contribution in [2.45, 2.75) is 38.9 Å². The van der Waals surface area contributed by atoms with Gasteiger partial charge in [-0.1, -0.05) is 18.2 Å². The first kappa shape index (κ1) is 15.2. The number of furan rings is 1. The van der Waals surface area contributed by atoms with Gasteiger partial charge in [-0.3, -0.25) is 0 Å². The van der Waals surface area contributed by atoms with Gasteiger partial charge >= 0.3 is 7.12 Å². The van der Waals surface area contributed by atoms with Crippen molar-refractivity contribution in [3.63, 3.8) is 0 Å². The van der Waals surface area contributed by atoms with Crippen molar-refractivity contribution in [1.29, 1.82) is 0 Å². The Morgan fingerprint density at radius 1 is 1.00 bits per heavy atom. The van der Waals surface area contributed by atoms with Crippen LogP contribution in [-0.2, 0) is 9.31 Å². The van der Waals surface area contributed by atoms with E-state index < -0.39 is 7.12 Å². The Kier molecular flexibility index (Phi) is 3.58. The lowest BCUT2D eigenvalue weighted by atomic mass is 9.85. The fraction of sp³-hybridized carbons (Fsp3) is 0.412. The predicted molar refractivity (Wildman–Crippen MR) is 86.4 cm³/mol. The summed E-state index contributed by atoms with van der Waals surface area (Å²) in [7, 11) is 1.17. The van der Waals surface area contributed by atoms with Crippen molar-refractivity contribution < 1.29 is 18.5 Å². The fourth-order valence-corrected chi connectivity index (χ4v) is 2.46. The maximum Gasteiger partial charge on any atom is 0.532 e. The first-order valence-corrected chi connectivity index (χ1v) is 7.41. The highest BCUT2D eigenvalue weighted by Gasteiger charge is 2.53. The van der Waals surface area contributed by atoms with E-state index in [1.807, 2.05) is 58.0 Å². The molecule has 116 valence electrons. The molecule has 0 spiro atoms. The fourth-order valence-electron chi connectivity index (χ4n) is 2.46. The number of benzene rings is 1. The summed E-state index contributed by atoms with van der Waals surface area (Å²) >= 11 is 0. The van der Waals surface area contributed by atoms with Crippen LogP contribution >= 0.6 is 0 Å². The summed E-state index contributed by atoms with van der Waals surface area (Å²) in [5.74, 6) is 0.809. The molecular formula is C17H21BO4. The SMILES string of the molecule is COc1ccccc1-c1coc(B2OC(C)(C)C(C)(C)O2)c1. The Hall–Kier alpha value is -1.72. The van der Waals surface area contributed by atoms with Gasteiger partial charge in [-0.15, -0.1) is 0 Å². The van der Waals surface area contributed by atoms with E-state index >= 15 is 0 Å². The summed E-state index contributed by atoms with van der Waals surface area (Å²) in [6, 6.07) is 9.78. The minimum atomic E-state index is -0.492. The lowest BCUT2D eigenvalue weighted by Crippen LogP contribution is -2.41. The number of ether oxygens (including phenoxy) is 1. The number of para-hydroxylation sites is 1. The quantitative estimate of drug-likeness (QED) is 0.816. The third kappa shape index (κ3) is 2.44. The zero-order chi connectivity index (χ0) is 16.0. The van der Waals surface area contributed by atoms with Crippen molar-refractivity contribution in [3.05, 3.63) is 36.6 Å². The molecule has 2 aromatic rings. The highest BCUT2D eigenvalue weighted by Crippen LogP contribution is 2.37. The monoisotopic (exact) mass is 300 g/mol. The number of methoxy groups -OCH3 is 1. The van der Waals surface area contributed by atoms with Crippen LogP contribution in [0.1, 0.15) is 27.7 Å². The zero-order valence-electron chi connectivity index (χ0n) is 13.7. The maximum absolute atomic E-state index is 6.01. The molecule has 1 fully saturated rings. The Morgan fingerprint density at radius 3 is 2.27 bits per heavy atom. The zero-order valence-corrected chi connectivity index (χ0v) is 13.7. The molecule has 1 aliphatic heterocycles. The molecule has 4 nitrogen and oxygen atoms in total. The molecule has 1 aromatic heterocycles. The van der Waals surface area contributed by atoms with Crippen molar-refractivity contribution >= 4 is 12.8 Å². The summed E-state index contributed by atoms with van der Waals surface area (Å²) in [6.45, 7) is 8.10. The summed E-state index contributed by atoms with van der Waals surface area (Å²) in [5.41, 5.74) is 1.84. The van der Waals surface area contributed by atoms with Crippen LogP contribution < -0.4 is 10.4 Å². The van der Waals surface area contributed by atoms with Crippen molar-refractivity contribution in [1.82, 2.24) is 0 Å². The third-order valence-electron chi connectivity index (χ3n) is 4.52. The normalized spacial score (nSPS) is 19.4. The molecule has 3 rings (SSSR count). The van der Waals surface area contributed by atoms with E-state index in [-0.39, 0.29) is 11.2 Å². The molecule has 0 atom stereocenters. The summed E-state index contributed by atoms with van der Waals surface area (Å²) in [5, 5.41) is 0. The average Bonchev–Trinajstić information content (AvgIpc) is 3.02. The smallest absolute Gasteiger partial charge is 0.496 e. The van der Waals surface area contributed by atoms with Crippen molar-refractivity contribution in [2.75, 3.05) is 7.11 Å².